The van der Waals surface area contributed by atoms with Crippen LogP contribution in [-0.4, -0.2) is 50.4 Å². The highest BCUT2D eigenvalue weighted by Crippen LogP contribution is 2.04. The molecule has 7 heteroatoms. The number of rotatable bonds is 8. The van der Waals surface area contributed by atoms with E-state index in [0.717, 1.165) is 0 Å². The normalized spacial score (nSPS) is 13.7. The standard InChI is InChI=1S/C8H18N2O3S2/c1-3-10-7(8(9)11)6-14-4-5-15(2,12)13/h7,10H,3-6H2,1-2H3,(H2,9,11). The molecule has 0 aromatic carbocycles. The van der Waals surface area contributed by atoms with Crippen LogP contribution in [0.2, 0.25) is 0 Å². The number of carbonyl (C=O) groups excluding carboxylic acids is 1. The number of thioether (sulfide) groups is 1. The molecule has 15 heavy (non-hydrogen) atoms. The molecule has 0 aromatic heterocycles. The number of carbonyl (C=O) groups is 1. The largest absolute Gasteiger partial charge is 0.368 e. The summed E-state index contributed by atoms with van der Waals surface area (Å²) in [6, 6.07) is -0.375. The molecule has 5 nitrogen and oxygen atoms in total. The molecule has 1 unspecified atom stereocenters. The average Bonchev–Trinajstić information content (AvgIpc) is 2.08. The molecule has 0 saturated heterocycles. The fraction of sp³-hybridized carbons (Fsp3) is 0.875. The molecule has 0 aliphatic rings. The molecule has 0 rings (SSSR count). The SMILES string of the molecule is CCNC(CSCCS(C)(=O)=O)C(N)=O. The molecule has 0 saturated carbocycles. The van der Waals surface area contributed by atoms with E-state index in [9.17, 15) is 13.2 Å². The van der Waals surface area contributed by atoms with Gasteiger partial charge in [0.1, 0.15) is 9.84 Å². The van der Waals surface area contributed by atoms with Crippen LogP contribution in [0.1, 0.15) is 6.92 Å². The van der Waals surface area contributed by atoms with Crippen LogP contribution in [0.15, 0.2) is 0 Å². The number of sulfone groups is 1. The first-order valence-electron chi connectivity index (χ1n) is 4.65. The third-order valence-electron chi connectivity index (χ3n) is 1.68. The second kappa shape index (κ2) is 7.08. The van der Waals surface area contributed by atoms with Gasteiger partial charge in [0.2, 0.25) is 5.91 Å². The maximum Gasteiger partial charge on any atom is 0.235 e. The van der Waals surface area contributed by atoms with E-state index in [1.165, 1.54) is 18.0 Å². The van der Waals surface area contributed by atoms with E-state index in [-0.39, 0.29) is 11.8 Å². The van der Waals surface area contributed by atoms with Gasteiger partial charge in [0.05, 0.1) is 11.8 Å². The van der Waals surface area contributed by atoms with E-state index < -0.39 is 15.7 Å². The molecule has 3 N–H and O–H groups in total. The molecule has 1 amide bonds. The number of nitrogens with two attached hydrogens (primary N) is 1. The van der Waals surface area contributed by atoms with Crippen LogP contribution < -0.4 is 11.1 Å². The molecule has 0 spiro atoms. The Morgan fingerprint density at radius 1 is 1.53 bits per heavy atom. The Bertz CT molecular complexity index is 290. The van der Waals surface area contributed by atoms with Crippen LogP contribution in [0.3, 0.4) is 0 Å². The van der Waals surface area contributed by atoms with Gasteiger partial charge in [-0.1, -0.05) is 6.92 Å². The van der Waals surface area contributed by atoms with Gasteiger partial charge in [-0.25, -0.2) is 8.42 Å². The zero-order valence-corrected chi connectivity index (χ0v) is 10.7. The third-order valence-corrected chi connectivity index (χ3v) is 3.94. The highest BCUT2D eigenvalue weighted by atomic mass is 32.2. The third kappa shape index (κ3) is 8.71. The van der Waals surface area contributed by atoms with Crippen molar-refractivity contribution in [3.63, 3.8) is 0 Å². The summed E-state index contributed by atoms with van der Waals surface area (Å²) in [5.74, 6) is 0.742. The first-order chi connectivity index (χ1) is 6.87. The van der Waals surface area contributed by atoms with Gasteiger partial charge in [-0.3, -0.25) is 4.79 Å². The predicted octanol–water partition coefficient (Wildman–Crippen LogP) is -0.772. The lowest BCUT2D eigenvalue weighted by Gasteiger charge is -2.13. The molecule has 0 aliphatic carbocycles. The maximum atomic E-state index is 10.9. The molecule has 0 heterocycles. The lowest BCUT2D eigenvalue weighted by molar-refractivity contribution is -0.119. The quantitative estimate of drug-likeness (QED) is 0.555. The molecule has 0 aliphatic heterocycles. The molecule has 0 radical (unpaired) electrons. The zero-order valence-electron chi connectivity index (χ0n) is 9.02. The monoisotopic (exact) mass is 254 g/mol. The van der Waals surface area contributed by atoms with Crippen LogP contribution in [0.25, 0.3) is 0 Å². The Kier molecular flexibility index (Phi) is 6.95. The van der Waals surface area contributed by atoms with E-state index in [0.29, 0.717) is 18.1 Å². The van der Waals surface area contributed by atoms with Crippen LogP contribution >= 0.6 is 11.8 Å². The van der Waals surface area contributed by atoms with Crippen LogP contribution in [-0.2, 0) is 14.6 Å². The van der Waals surface area contributed by atoms with Crippen LogP contribution in [0, 0.1) is 0 Å². The summed E-state index contributed by atoms with van der Waals surface area (Å²) in [7, 11) is -2.91. The fourth-order valence-corrected chi connectivity index (χ4v) is 3.27. The lowest BCUT2D eigenvalue weighted by atomic mass is 10.3. The van der Waals surface area contributed by atoms with Gasteiger partial charge in [0.25, 0.3) is 0 Å². The minimum absolute atomic E-state index is 0.134. The molecular weight excluding hydrogens is 236 g/mol. The number of nitrogens with one attached hydrogen (secondary N) is 1. The molecule has 0 aromatic rings. The first kappa shape index (κ1) is 14.7. The summed E-state index contributed by atoms with van der Waals surface area (Å²) in [5, 5.41) is 2.93. The molecule has 90 valence electrons. The van der Waals surface area contributed by atoms with Gasteiger partial charge in [0, 0.05) is 17.8 Å². The van der Waals surface area contributed by atoms with Gasteiger partial charge in [-0.2, -0.15) is 11.8 Å². The average molecular weight is 254 g/mol. The van der Waals surface area contributed by atoms with E-state index in [2.05, 4.69) is 5.32 Å². The Hall–Kier alpha value is -0.270. The van der Waals surface area contributed by atoms with Crippen molar-refractivity contribution in [1.82, 2.24) is 5.32 Å². The fourth-order valence-electron chi connectivity index (χ4n) is 0.900. The van der Waals surface area contributed by atoms with Crippen molar-refractivity contribution in [3.05, 3.63) is 0 Å². The van der Waals surface area contributed by atoms with Crippen molar-refractivity contribution in [1.29, 1.82) is 0 Å². The summed E-state index contributed by atoms with van der Waals surface area (Å²) in [5.41, 5.74) is 5.16. The van der Waals surface area contributed by atoms with Crippen molar-refractivity contribution in [2.24, 2.45) is 5.73 Å². The Morgan fingerprint density at radius 2 is 2.13 bits per heavy atom. The van der Waals surface area contributed by atoms with Crippen molar-refractivity contribution in [3.8, 4) is 0 Å². The van der Waals surface area contributed by atoms with E-state index in [4.69, 9.17) is 5.73 Å². The van der Waals surface area contributed by atoms with Crippen molar-refractivity contribution >= 4 is 27.5 Å². The Morgan fingerprint density at radius 3 is 2.53 bits per heavy atom. The molecule has 0 bridgehead atoms. The number of hydrogen-bond donors (Lipinski definition) is 2. The smallest absolute Gasteiger partial charge is 0.235 e. The van der Waals surface area contributed by atoms with Gasteiger partial charge in [0.15, 0.2) is 0 Å². The van der Waals surface area contributed by atoms with Crippen molar-refractivity contribution in [2.45, 2.75) is 13.0 Å². The summed E-state index contributed by atoms with van der Waals surface area (Å²) in [4.78, 5) is 10.9. The van der Waals surface area contributed by atoms with E-state index in [1.54, 1.807) is 0 Å². The second-order valence-electron chi connectivity index (χ2n) is 3.22. The minimum Gasteiger partial charge on any atom is -0.368 e. The summed E-state index contributed by atoms with van der Waals surface area (Å²) < 4.78 is 21.6. The van der Waals surface area contributed by atoms with Gasteiger partial charge in [-0.15, -0.1) is 0 Å². The number of amides is 1. The highest BCUT2D eigenvalue weighted by molar-refractivity contribution is 8.00. The van der Waals surface area contributed by atoms with E-state index in [1.807, 2.05) is 6.92 Å². The maximum absolute atomic E-state index is 10.9. The molecule has 1 atom stereocenters. The van der Waals surface area contributed by atoms with Gasteiger partial charge in [-0.05, 0) is 6.54 Å². The summed E-state index contributed by atoms with van der Waals surface area (Å²) in [6.45, 7) is 2.55. The lowest BCUT2D eigenvalue weighted by Crippen LogP contribution is -2.43. The van der Waals surface area contributed by atoms with Gasteiger partial charge >= 0.3 is 0 Å². The Balaban J connectivity index is 3.77. The summed E-state index contributed by atoms with van der Waals surface area (Å²) >= 11 is 1.41. The minimum atomic E-state index is -2.91. The van der Waals surface area contributed by atoms with Crippen LogP contribution in [0.4, 0.5) is 0 Å². The van der Waals surface area contributed by atoms with Crippen LogP contribution in [0.5, 0.6) is 0 Å². The molecular formula is C8H18N2O3S2. The zero-order chi connectivity index (χ0) is 11.9. The number of primary amides is 1. The number of hydrogen-bond acceptors (Lipinski definition) is 5. The number of likely N-dealkylation sites (N-methyl/N-ethyl adjacent to an activating group) is 1. The Labute approximate surface area is 95.1 Å². The topological polar surface area (TPSA) is 89.3 Å². The van der Waals surface area contributed by atoms with Crippen molar-refractivity contribution in [2.75, 3.05) is 30.1 Å². The van der Waals surface area contributed by atoms with Gasteiger partial charge < -0.3 is 11.1 Å². The first-order valence-corrected chi connectivity index (χ1v) is 7.86. The summed E-state index contributed by atoms with van der Waals surface area (Å²) in [6.07, 6.45) is 1.20. The highest BCUT2D eigenvalue weighted by Gasteiger charge is 2.13. The van der Waals surface area contributed by atoms with E-state index >= 15 is 0 Å². The molecule has 0 fully saturated rings. The predicted molar refractivity (Wildman–Crippen MR) is 63.7 cm³/mol. The van der Waals surface area contributed by atoms with Crippen molar-refractivity contribution < 1.29 is 13.2 Å². The second-order valence-corrected chi connectivity index (χ2v) is 6.63.